The van der Waals surface area contributed by atoms with Gasteiger partial charge in [0, 0.05) is 0 Å². The minimum atomic E-state index is -3.77. The molecule has 0 aliphatic rings. The third-order valence-corrected chi connectivity index (χ3v) is 2.88. The Balaban J connectivity index is 4.38. The number of hydrogen-bond donors (Lipinski definition) is 0. The maximum Gasteiger partial charge on any atom is 0.438 e. The monoisotopic (exact) mass is 230 g/mol. The fraction of sp³-hybridized carbons (Fsp3) is 0.833. The first-order chi connectivity index (χ1) is 6.10. The molecule has 0 radical (unpaired) electrons. The molecule has 0 saturated heterocycles. The molecule has 0 amide bonds. The van der Waals surface area contributed by atoms with E-state index in [2.05, 4.69) is 13.8 Å². The van der Waals surface area contributed by atoms with E-state index in [0.29, 0.717) is 0 Å². The van der Waals surface area contributed by atoms with Gasteiger partial charge in [0.2, 0.25) is 0 Å². The lowest BCUT2D eigenvalue weighted by Crippen LogP contribution is -2.08. The van der Waals surface area contributed by atoms with Gasteiger partial charge in [0.15, 0.2) is 6.07 Å². The Hall–Kier alpha value is -0.0900. The van der Waals surface area contributed by atoms with E-state index in [1.165, 1.54) is 0 Å². The highest BCUT2D eigenvalue weighted by Crippen LogP contribution is 2.49. The summed E-state index contributed by atoms with van der Waals surface area (Å²) in [6, 6.07) is -0.372. The van der Waals surface area contributed by atoms with Crippen LogP contribution in [0.4, 0.5) is 4.79 Å². The Morgan fingerprint density at radius 1 is 1.31 bits per heavy atom. The molecule has 0 bridgehead atoms. The normalized spacial score (nSPS) is 11.3. The second-order valence-corrected chi connectivity index (χ2v) is 3.95. The summed E-state index contributed by atoms with van der Waals surface area (Å²) >= 11 is 5.13. The zero-order valence-electron chi connectivity index (χ0n) is 7.49. The van der Waals surface area contributed by atoms with E-state index in [0.717, 1.165) is 0 Å². The average Bonchev–Trinajstić information content (AvgIpc) is 2.05. The highest BCUT2D eigenvalue weighted by Gasteiger charge is 2.36. The quantitative estimate of drug-likeness (QED) is 0.518. The van der Waals surface area contributed by atoms with E-state index >= 15 is 0 Å². The summed E-state index contributed by atoms with van der Waals surface area (Å²) in [6.45, 7) is 3.41. The molecule has 0 fully saturated rings. The summed E-state index contributed by atoms with van der Waals surface area (Å²) in [4.78, 5) is 11.0. The molecule has 0 aliphatic heterocycles. The van der Waals surface area contributed by atoms with Gasteiger partial charge in [0.05, 0.1) is 13.2 Å². The van der Waals surface area contributed by atoms with Crippen LogP contribution < -0.4 is 0 Å². The molecule has 0 aromatic rings. The summed E-state index contributed by atoms with van der Waals surface area (Å²) in [5, 5.41) is 0. The Morgan fingerprint density at radius 2 is 1.77 bits per heavy atom. The number of carbonyl (C=O) groups excluding carboxylic acids is 1. The standard InChI is InChI=1S/C6H12ClO5P/c1-3-11-13(9,12-4-2)6(8)10-5-7/h3-5H2,1-2H3. The lowest BCUT2D eigenvalue weighted by atomic mass is 10.9. The third kappa shape index (κ3) is 4.09. The van der Waals surface area contributed by atoms with Crippen LogP contribution in [0.2, 0.25) is 0 Å². The highest BCUT2D eigenvalue weighted by atomic mass is 35.5. The molecule has 0 aliphatic carbocycles. The van der Waals surface area contributed by atoms with Crippen LogP contribution in [0.15, 0.2) is 0 Å². The molecule has 7 heteroatoms. The van der Waals surface area contributed by atoms with E-state index in [1.807, 2.05) is 0 Å². The summed E-state index contributed by atoms with van der Waals surface area (Å²) in [5.41, 5.74) is -1.05. The predicted molar refractivity (Wildman–Crippen MR) is 48.1 cm³/mol. The van der Waals surface area contributed by atoms with Gasteiger partial charge in [-0.1, -0.05) is 11.6 Å². The summed E-state index contributed by atoms with van der Waals surface area (Å²) < 4.78 is 25.2. The Bertz CT molecular complexity index is 197. The van der Waals surface area contributed by atoms with Crippen LogP contribution in [0.5, 0.6) is 0 Å². The molecule has 0 aromatic carbocycles. The molecule has 78 valence electrons. The topological polar surface area (TPSA) is 61.8 Å². The van der Waals surface area contributed by atoms with Crippen molar-refractivity contribution in [2.45, 2.75) is 13.8 Å². The van der Waals surface area contributed by atoms with Crippen LogP contribution in [-0.4, -0.2) is 25.0 Å². The number of alkyl halides is 1. The van der Waals surface area contributed by atoms with Crippen LogP contribution in [0.1, 0.15) is 13.8 Å². The minimum Gasteiger partial charge on any atom is -0.440 e. The molecule has 0 saturated carbocycles. The zero-order valence-corrected chi connectivity index (χ0v) is 9.14. The molecule has 0 heterocycles. The lowest BCUT2D eigenvalue weighted by Gasteiger charge is -2.13. The Kier molecular flexibility index (Phi) is 6.33. The van der Waals surface area contributed by atoms with Crippen molar-refractivity contribution < 1.29 is 23.1 Å². The largest absolute Gasteiger partial charge is 0.440 e. The average molecular weight is 231 g/mol. The van der Waals surface area contributed by atoms with E-state index in [-0.39, 0.29) is 19.3 Å². The number of halogens is 1. The molecule has 0 spiro atoms. The van der Waals surface area contributed by atoms with Gasteiger partial charge in [-0.25, -0.2) is 9.36 Å². The number of hydrogen-bond acceptors (Lipinski definition) is 5. The number of ether oxygens (including phenoxy) is 1. The summed E-state index contributed by atoms with van der Waals surface area (Å²) in [6.07, 6.45) is 0. The van der Waals surface area contributed by atoms with Crippen molar-refractivity contribution in [3.8, 4) is 0 Å². The van der Waals surface area contributed by atoms with Gasteiger partial charge in [-0.3, -0.25) is 0 Å². The highest BCUT2D eigenvalue weighted by molar-refractivity contribution is 7.71. The van der Waals surface area contributed by atoms with Crippen LogP contribution >= 0.6 is 19.2 Å². The second-order valence-electron chi connectivity index (χ2n) is 1.85. The molecule has 0 N–H and O–H groups in total. The summed E-state index contributed by atoms with van der Waals surface area (Å²) in [5.74, 6) is 0. The van der Waals surface area contributed by atoms with Crippen LogP contribution in [0.3, 0.4) is 0 Å². The van der Waals surface area contributed by atoms with Crippen molar-refractivity contribution >= 4 is 24.9 Å². The second kappa shape index (κ2) is 6.38. The van der Waals surface area contributed by atoms with Gasteiger partial charge >= 0.3 is 13.3 Å². The van der Waals surface area contributed by atoms with Gasteiger partial charge in [0.1, 0.15) is 0 Å². The first-order valence-corrected chi connectivity index (χ1v) is 5.80. The molecular weight excluding hydrogens is 218 g/mol. The van der Waals surface area contributed by atoms with Crippen molar-refractivity contribution in [2.24, 2.45) is 0 Å². The molecule has 0 aromatic heterocycles. The fourth-order valence-electron chi connectivity index (χ4n) is 0.608. The van der Waals surface area contributed by atoms with Gasteiger partial charge in [-0.15, -0.1) is 0 Å². The summed E-state index contributed by atoms with van der Waals surface area (Å²) in [7, 11) is -3.77. The minimum absolute atomic E-state index is 0.106. The number of rotatable bonds is 6. The van der Waals surface area contributed by atoms with Crippen LogP contribution in [0, 0.1) is 0 Å². The van der Waals surface area contributed by atoms with Crippen molar-refractivity contribution in [3.05, 3.63) is 0 Å². The predicted octanol–water partition coefficient (Wildman–Crippen LogP) is 2.59. The molecule has 0 rings (SSSR count). The third-order valence-electron chi connectivity index (χ3n) is 1.000. The number of carbonyl (C=O) groups is 1. The maximum absolute atomic E-state index is 11.5. The Morgan fingerprint density at radius 3 is 2.08 bits per heavy atom. The van der Waals surface area contributed by atoms with Crippen LogP contribution in [0.25, 0.3) is 0 Å². The van der Waals surface area contributed by atoms with E-state index < -0.39 is 13.3 Å². The van der Waals surface area contributed by atoms with Crippen molar-refractivity contribution in [3.63, 3.8) is 0 Å². The zero-order chi connectivity index (χ0) is 10.3. The molecular formula is C6H12ClO5P. The smallest absolute Gasteiger partial charge is 0.438 e. The van der Waals surface area contributed by atoms with E-state index in [1.54, 1.807) is 13.8 Å². The van der Waals surface area contributed by atoms with Gasteiger partial charge < -0.3 is 13.8 Å². The van der Waals surface area contributed by atoms with Gasteiger partial charge in [-0.05, 0) is 13.8 Å². The molecule has 13 heavy (non-hydrogen) atoms. The fourth-order valence-corrected chi connectivity index (χ4v) is 1.97. The molecule has 0 atom stereocenters. The first kappa shape index (κ1) is 12.9. The molecule has 0 unspecified atom stereocenters. The van der Waals surface area contributed by atoms with E-state index in [9.17, 15) is 9.36 Å². The van der Waals surface area contributed by atoms with Crippen molar-refractivity contribution in [2.75, 3.05) is 19.3 Å². The van der Waals surface area contributed by atoms with Gasteiger partial charge in [-0.2, -0.15) is 0 Å². The molecule has 5 nitrogen and oxygen atoms in total. The SMILES string of the molecule is CCOP(=O)(OCC)C(=O)OCCl. The van der Waals surface area contributed by atoms with Crippen molar-refractivity contribution in [1.82, 2.24) is 0 Å². The lowest BCUT2D eigenvalue weighted by molar-refractivity contribution is 0.162. The first-order valence-electron chi connectivity index (χ1n) is 3.73. The maximum atomic E-state index is 11.5. The van der Waals surface area contributed by atoms with Crippen LogP contribution in [-0.2, 0) is 18.3 Å². The van der Waals surface area contributed by atoms with E-state index in [4.69, 9.17) is 11.6 Å². The Labute approximate surface area is 81.8 Å². The van der Waals surface area contributed by atoms with Gasteiger partial charge in [0.25, 0.3) is 0 Å². The van der Waals surface area contributed by atoms with Crippen molar-refractivity contribution in [1.29, 1.82) is 0 Å².